The number of aliphatic carboxylic acids is 1. The van der Waals surface area contributed by atoms with Gasteiger partial charge in [0, 0.05) is 0 Å². The lowest BCUT2D eigenvalue weighted by molar-refractivity contribution is -0.147. The van der Waals surface area contributed by atoms with E-state index in [9.17, 15) is 23.2 Å². The Kier molecular flexibility index (Phi) is 4.33. The molecule has 0 aromatic heterocycles. The summed E-state index contributed by atoms with van der Waals surface area (Å²) in [5.41, 5.74) is -0.575. The van der Waals surface area contributed by atoms with Gasteiger partial charge in [-0.15, -0.1) is 0 Å². The van der Waals surface area contributed by atoms with Crippen LogP contribution in [0.3, 0.4) is 0 Å². The van der Waals surface area contributed by atoms with Gasteiger partial charge in [-0.3, -0.25) is 9.59 Å². The Balaban J connectivity index is 2.88. The number of carboxylic acid groups (broad SMARTS) is 1. The summed E-state index contributed by atoms with van der Waals surface area (Å²) < 4.78 is 29.6. The fourth-order valence-corrected chi connectivity index (χ4v) is 1.22. The van der Waals surface area contributed by atoms with Crippen LogP contribution >= 0.6 is 11.6 Å². The van der Waals surface area contributed by atoms with Crippen molar-refractivity contribution in [2.24, 2.45) is 0 Å². The quantitative estimate of drug-likeness (QED) is 0.518. The minimum absolute atomic E-state index is 0.452. The van der Waals surface area contributed by atoms with E-state index >= 15 is 0 Å². The molecule has 0 unspecified atom stereocenters. The van der Waals surface area contributed by atoms with Gasteiger partial charge in [-0.25, -0.2) is 13.6 Å². The summed E-state index contributed by atoms with van der Waals surface area (Å²) >= 11 is 5.45. The number of carboxylic acids is 1. The maximum atomic E-state index is 12.8. The number of esters is 2. The highest BCUT2D eigenvalue weighted by molar-refractivity contribution is 6.33. The van der Waals surface area contributed by atoms with Crippen molar-refractivity contribution in [3.05, 3.63) is 34.4 Å². The lowest BCUT2D eigenvalue weighted by Gasteiger charge is -2.04. The Morgan fingerprint density at radius 3 is 2.33 bits per heavy atom. The van der Waals surface area contributed by atoms with Crippen LogP contribution in [-0.2, 0) is 14.3 Å². The molecule has 0 aliphatic rings. The summed E-state index contributed by atoms with van der Waals surface area (Å²) in [5.74, 6) is -6.81. The molecule has 0 spiro atoms. The summed E-state index contributed by atoms with van der Waals surface area (Å²) in [5, 5.41) is 7.80. The zero-order valence-electron chi connectivity index (χ0n) is 8.58. The van der Waals surface area contributed by atoms with Crippen molar-refractivity contribution >= 4 is 29.5 Å². The van der Waals surface area contributed by atoms with Crippen LogP contribution in [0.2, 0.25) is 5.02 Å². The maximum Gasteiger partial charge on any atom is 0.347 e. The van der Waals surface area contributed by atoms with E-state index in [0.717, 1.165) is 0 Å². The average Bonchev–Trinajstić information content (AvgIpc) is 2.21. The molecule has 0 aliphatic heterocycles. The first-order valence-corrected chi connectivity index (χ1v) is 4.80. The number of hydrogen-bond acceptors (Lipinski definition) is 4. The summed E-state index contributed by atoms with van der Waals surface area (Å²) in [4.78, 5) is 32.3. The molecule has 8 heteroatoms. The van der Waals surface area contributed by atoms with Gasteiger partial charge in [0.2, 0.25) is 0 Å². The van der Waals surface area contributed by atoms with Crippen LogP contribution < -0.4 is 0 Å². The second-order valence-electron chi connectivity index (χ2n) is 3.08. The van der Waals surface area contributed by atoms with Gasteiger partial charge in [-0.1, -0.05) is 11.6 Å². The number of ether oxygens (including phenoxy) is 1. The predicted octanol–water partition coefficient (Wildman–Crippen LogP) is 1.78. The predicted molar refractivity (Wildman–Crippen MR) is 54.0 cm³/mol. The van der Waals surface area contributed by atoms with Crippen molar-refractivity contribution in [1.29, 1.82) is 0 Å². The van der Waals surface area contributed by atoms with E-state index in [-0.39, 0.29) is 0 Å². The smallest absolute Gasteiger partial charge is 0.347 e. The second-order valence-corrected chi connectivity index (χ2v) is 3.49. The van der Waals surface area contributed by atoms with Crippen molar-refractivity contribution in [2.75, 3.05) is 0 Å². The molecule has 0 saturated carbocycles. The highest BCUT2D eigenvalue weighted by Gasteiger charge is 2.20. The van der Waals surface area contributed by atoms with Crippen LogP contribution in [0.1, 0.15) is 16.8 Å². The average molecular weight is 279 g/mol. The van der Waals surface area contributed by atoms with Crippen molar-refractivity contribution in [3.8, 4) is 0 Å². The molecule has 18 heavy (non-hydrogen) atoms. The molecule has 0 saturated heterocycles. The molecule has 0 amide bonds. The minimum Gasteiger partial charge on any atom is -0.481 e. The van der Waals surface area contributed by atoms with Gasteiger partial charge in [0.05, 0.1) is 10.6 Å². The molecule has 1 N–H and O–H groups in total. The van der Waals surface area contributed by atoms with E-state index in [1.807, 2.05) is 0 Å². The lowest BCUT2D eigenvalue weighted by Crippen LogP contribution is -2.16. The van der Waals surface area contributed by atoms with Gasteiger partial charge in [-0.2, -0.15) is 0 Å². The zero-order chi connectivity index (χ0) is 13.9. The van der Waals surface area contributed by atoms with Crippen LogP contribution in [0.25, 0.3) is 0 Å². The number of benzene rings is 1. The van der Waals surface area contributed by atoms with Gasteiger partial charge in [-0.05, 0) is 12.1 Å². The van der Waals surface area contributed by atoms with Crippen LogP contribution in [-0.4, -0.2) is 23.0 Å². The third-order valence-electron chi connectivity index (χ3n) is 1.73. The van der Waals surface area contributed by atoms with E-state index in [2.05, 4.69) is 4.74 Å². The Hall–Kier alpha value is -2.02. The topological polar surface area (TPSA) is 80.7 Å². The summed E-state index contributed by atoms with van der Waals surface area (Å²) in [7, 11) is 0. The lowest BCUT2D eigenvalue weighted by atomic mass is 10.2. The molecule has 1 rings (SSSR count). The van der Waals surface area contributed by atoms with Gasteiger partial charge in [0.25, 0.3) is 0 Å². The fourth-order valence-electron chi connectivity index (χ4n) is 0.997. The molecule has 96 valence electrons. The summed E-state index contributed by atoms with van der Waals surface area (Å²) in [6.07, 6.45) is -1.03. The molecule has 0 radical (unpaired) electrons. The first-order chi connectivity index (χ1) is 8.31. The van der Waals surface area contributed by atoms with Gasteiger partial charge in [0.1, 0.15) is 6.42 Å². The normalized spacial score (nSPS) is 9.94. The van der Waals surface area contributed by atoms with E-state index in [1.54, 1.807) is 0 Å². The van der Waals surface area contributed by atoms with Crippen molar-refractivity contribution in [2.45, 2.75) is 6.42 Å². The van der Waals surface area contributed by atoms with Gasteiger partial charge in [0.15, 0.2) is 11.6 Å². The van der Waals surface area contributed by atoms with Crippen LogP contribution in [0, 0.1) is 11.6 Å². The van der Waals surface area contributed by atoms with Crippen molar-refractivity contribution in [1.82, 2.24) is 0 Å². The largest absolute Gasteiger partial charge is 0.481 e. The number of halogens is 3. The van der Waals surface area contributed by atoms with E-state index in [0.29, 0.717) is 12.1 Å². The van der Waals surface area contributed by atoms with E-state index < -0.39 is 46.5 Å². The molecule has 1 aromatic carbocycles. The SMILES string of the molecule is O=C(O)CC(=O)OC(=O)c1cc(F)c(F)cc1Cl. The maximum absolute atomic E-state index is 12.8. The first-order valence-electron chi connectivity index (χ1n) is 4.42. The molecule has 5 nitrogen and oxygen atoms in total. The van der Waals surface area contributed by atoms with Gasteiger partial charge >= 0.3 is 17.9 Å². The Labute approximate surface area is 104 Å². The number of hydrogen-bond donors (Lipinski definition) is 1. The highest BCUT2D eigenvalue weighted by Crippen LogP contribution is 2.20. The van der Waals surface area contributed by atoms with Crippen LogP contribution in [0.15, 0.2) is 12.1 Å². The minimum atomic E-state index is -1.50. The van der Waals surface area contributed by atoms with Crippen molar-refractivity contribution < 1.29 is 33.0 Å². The molecule has 0 atom stereocenters. The van der Waals surface area contributed by atoms with Crippen LogP contribution in [0.4, 0.5) is 8.78 Å². The molecule has 0 heterocycles. The number of rotatable bonds is 3. The van der Waals surface area contributed by atoms with Crippen LogP contribution in [0.5, 0.6) is 0 Å². The monoisotopic (exact) mass is 278 g/mol. The highest BCUT2D eigenvalue weighted by atomic mass is 35.5. The summed E-state index contributed by atoms with van der Waals surface area (Å²) in [6, 6.07) is 0.989. The summed E-state index contributed by atoms with van der Waals surface area (Å²) in [6.45, 7) is 0. The Morgan fingerprint density at radius 2 is 1.78 bits per heavy atom. The first kappa shape index (κ1) is 14.0. The molecule has 0 fully saturated rings. The zero-order valence-corrected chi connectivity index (χ0v) is 9.33. The van der Waals surface area contributed by atoms with E-state index in [4.69, 9.17) is 16.7 Å². The van der Waals surface area contributed by atoms with Crippen molar-refractivity contribution in [3.63, 3.8) is 0 Å². The fraction of sp³-hybridized carbons (Fsp3) is 0.100. The Bertz CT molecular complexity index is 529. The number of carbonyl (C=O) groups excluding carboxylic acids is 2. The third-order valence-corrected chi connectivity index (χ3v) is 2.04. The third kappa shape index (κ3) is 3.49. The van der Waals surface area contributed by atoms with Gasteiger partial charge < -0.3 is 9.84 Å². The number of carbonyl (C=O) groups is 3. The molecule has 0 bridgehead atoms. The molecular weight excluding hydrogens is 274 g/mol. The molecular formula is C10H5ClF2O5. The second kappa shape index (κ2) is 5.54. The standard InChI is InChI=1S/C10H5ClF2O5/c11-5-2-7(13)6(12)1-4(5)10(17)18-9(16)3-8(14)15/h1-2H,3H2,(H,14,15). The molecule has 1 aromatic rings. The molecule has 0 aliphatic carbocycles. The Morgan fingerprint density at radius 1 is 1.22 bits per heavy atom. The van der Waals surface area contributed by atoms with E-state index in [1.165, 1.54) is 0 Å².